The van der Waals surface area contributed by atoms with E-state index in [1.54, 1.807) is 17.9 Å². The monoisotopic (exact) mass is 348 g/mol. The fourth-order valence-corrected chi connectivity index (χ4v) is 3.29. The van der Waals surface area contributed by atoms with Crippen molar-refractivity contribution in [2.75, 3.05) is 38.3 Å². The predicted molar refractivity (Wildman–Crippen MR) is 92.2 cm³/mol. The first-order valence-electron chi connectivity index (χ1n) is 8.52. The molecule has 1 saturated heterocycles. The molecular weight excluding hydrogens is 324 g/mol. The summed E-state index contributed by atoms with van der Waals surface area (Å²) in [6.45, 7) is 1.24. The lowest BCUT2D eigenvalue weighted by atomic mass is 9.93. The Morgan fingerprint density at radius 3 is 2.64 bits per heavy atom. The van der Waals surface area contributed by atoms with E-state index >= 15 is 0 Å². The summed E-state index contributed by atoms with van der Waals surface area (Å²) in [5, 5.41) is 21.5. The lowest BCUT2D eigenvalue weighted by Crippen LogP contribution is -2.36. The number of rotatable bonds is 6. The fourth-order valence-electron chi connectivity index (χ4n) is 3.29. The molecule has 0 aromatic carbocycles. The van der Waals surface area contributed by atoms with Gasteiger partial charge >= 0.3 is 0 Å². The van der Waals surface area contributed by atoms with E-state index in [9.17, 15) is 15.0 Å². The molecule has 2 aromatic heterocycles. The second-order valence-electron chi connectivity index (χ2n) is 6.35. The van der Waals surface area contributed by atoms with E-state index < -0.39 is 6.04 Å². The Labute approximate surface area is 145 Å². The molecule has 3 rings (SSSR count). The van der Waals surface area contributed by atoms with Crippen LogP contribution in [0.1, 0.15) is 25.3 Å². The summed E-state index contributed by atoms with van der Waals surface area (Å²) >= 11 is 0. The van der Waals surface area contributed by atoms with Gasteiger partial charge in [-0.2, -0.15) is 0 Å². The molecule has 0 radical (unpaired) electrons. The van der Waals surface area contributed by atoms with Gasteiger partial charge in [-0.05, 0) is 18.8 Å². The number of carbonyl (C=O) groups is 1. The zero-order valence-electron chi connectivity index (χ0n) is 14.3. The van der Waals surface area contributed by atoms with Gasteiger partial charge in [0.25, 0.3) is 0 Å². The van der Waals surface area contributed by atoms with Gasteiger partial charge in [0.1, 0.15) is 6.33 Å². The molecule has 1 aliphatic heterocycles. The third kappa shape index (κ3) is 3.57. The Morgan fingerprint density at radius 1 is 1.28 bits per heavy atom. The smallest absolute Gasteiger partial charge is 0.220 e. The van der Waals surface area contributed by atoms with Crippen LogP contribution >= 0.6 is 0 Å². The molecule has 1 aliphatic rings. The second kappa shape index (κ2) is 7.75. The molecule has 3 N–H and O–H groups in total. The number of carbonyl (C=O) groups excluding carboxylic acids is 1. The van der Waals surface area contributed by atoms with Crippen molar-refractivity contribution < 1.29 is 15.0 Å². The number of amides is 1. The average molecular weight is 348 g/mol. The summed E-state index contributed by atoms with van der Waals surface area (Å²) in [4.78, 5) is 26.8. The number of hydrogen-bond donors (Lipinski definition) is 3. The summed E-state index contributed by atoms with van der Waals surface area (Å²) in [5.41, 5.74) is 1.27. The number of aromatic nitrogens is 4. The molecule has 136 valence electrons. The minimum Gasteiger partial charge on any atom is -0.394 e. The number of aliphatic hydroxyl groups excluding tert-OH is 2. The first-order chi connectivity index (χ1) is 12.2. The third-order valence-electron chi connectivity index (χ3n) is 4.82. The van der Waals surface area contributed by atoms with Gasteiger partial charge < -0.3 is 25.0 Å². The first kappa shape index (κ1) is 17.6. The molecule has 0 saturated carbocycles. The van der Waals surface area contributed by atoms with Crippen LogP contribution in [-0.4, -0.2) is 69.0 Å². The summed E-state index contributed by atoms with van der Waals surface area (Å²) in [6.07, 6.45) is 5.48. The molecule has 0 spiro atoms. The van der Waals surface area contributed by atoms with Crippen molar-refractivity contribution in [1.82, 2.24) is 24.8 Å². The van der Waals surface area contributed by atoms with Gasteiger partial charge in [0.15, 0.2) is 17.0 Å². The van der Waals surface area contributed by atoms with Gasteiger partial charge in [-0.1, -0.05) is 0 Å². The van der Waals surface area contributed by atoms with E-state index in [2.05, 4.69) is 25.2 Å². The highest BCUT2D eigenvalue weighted by Gasteiger charge is 2.25. The van der Waals surface area contributed by atoms with E-state index in [-0.39, 0.29) is 19.1 Å². The zero-order valence-corrected chi connectivity index (χ0v) is 14.3. The van der Waals surface area contributed by atoms with Gasteiger partial charge in [0.2, 0.25) is 5.91 Å². The maximum absolute atomic E-state index is 11.5. The van der Waals surface area contributed by atoms with Crippen LogP contribution in [0.4, 0.5) is 5.82 Å². The van der Waals surface area contributed by atoms with E-state index in [1.807, 2.05) is 0 Å². The van der Waals surface area contributed by atoms with Crippen LogP contribution in [0.25, 0.3) is 11.2 Å². The van der Waals surface area contributed by atoms with Crippen LogP contribution in [0, 0.1) is 5.92 Å². The Balaban J connectivity index is 1.78. The van der Waals surface area contributed by atoms with Crippen LogP contribution in [-0.2, 0) is 4.79 Å². The Bertz CT molecular complexity index is 722. The minimum atomic E-state index is -0.467. The van der Waals surface area contributed by atoms with Crippen LogP contribution in [0.15, 0.2) is 12.7 Å². The largest absolute Gasteiger partial charge is 0.394 e. The number of piperidine rings is 1. The fraction of sp³-hybridized carbons (Fsp3) is 0.625. The van der Waals surface area contributed by atoms with Crippen LogP contribution in [0.2, 0.25) is 0 Å². The quantitative estimate of drug-likeness (QED) is 0.656. The predicted octanol–water partition coefficient (Wildman–Crippen LogP) is -0.296. The Morgan fingerprint density at radius 2 is 2.00 bits per heavy atom. The van der Waals surface area contributed by atoms with Gasteiger partial charge in [0.05, 0.1) is 25.6 Å². The molecule has 3 heterocycles. The topological polar surface area (TPSA) is 116 Å². The highest BCUT2D eigenvalue weighted by atomic mass is 16.3. The van der Waals surface area contributed by atoms with Gasteiger partial charge in [-0.25, -0.2) is 15.0 Å². The Hall–Kier alpha value is -2.26. The van der Waals surface area contributed by atoms with E-state index in [1.165, 1.54) is 6.33 Å². The molecule has 0 atom stereocenters. The molecule has 9 nitrogen and oxygen atoms in total. The normalized spacial score (nSPS) is 15.9. The van der Waals surface area contributed by atoms with Crippen molar-refractivity contribution in [2.24, 2.45) is 5.92 Å². The SMILES string of the molecule is CNC(=O)CC1CCN(c2ncnc3c2ncn3C(CO)CO)CC1. The molecule has 1 amide bonds. The average Bonchev–Trinajstić information content (AvgIpc) is 3.07. The maximum Gasteiger partial charge on any atom is 0.220 e. The molecule has 0 bridgehead atoms. The summed E-state index contributed by atoms with van der Waals surface area (Å²) in [5.74, 6) is 1.23. The van der Waals surface area contributed by atoms with Gasteiger partial charge in [-0.3, -0.25) is 4.79 Å². The summed E-state index contributed by atoms with van der Waals surface area (Å²) in [7, 11) is 1.66. The number of fused-ring (bicyclic) bond motifs is 1. The van der Waals surface area contributed by atoms with Crippen molar-refractivity contribution >= 4 is 22.9 Å². The Kier molecular flexibility index (Phi) is 5.44. The molecule has 1 fully saturated rings. The number of nitrogens with one attached hydrogen (secondary N) is 1. The maximum atomic E-state index is 11.5. The van der Waals surface area contributed by atoms with Crippen molar-refractivity contribution in [1.29, 1.82) is 0 Å². The highest BCUT2D eigenvalue weighted by Crippen LogP contribution is 2.28. The standard InChI is InChI=1S/C16H24N6O3/c1-17-13(25)6-11-2-4-21(5-3-11)15-14-16(19-9-18-15)22(10-20-14)12(7-23)8-24/h9-12,23-24H,2-8H2,1H3,(H,17,25). The molecule has 9 heteroatoms. The molecule has 2 aromatic rings. The van der Waals surface area contributed by atoms with E-state index in [0.717, 1.165) is 31.7 Å². The van der Waals surface area contributed by atoms with E-state index in [0.29, 0.717) is 23.5 Å². The van der Waals surface area contributed by atoms with Crippen molar-refractivity contribution in [3.05, 3.63) is 12.7 Å². The van der Waals surface area contributed by atoms with Gasteiger partial charge in [-0.15, -0.1) is 0 Å². The number of anilines is 1. The lowest BCUT2D eigenvalue weighted by Gasteiger charge is -2.32. The van der Waals surface area contributed by atoms with Gasteiger partial charge in [0, 0.05) is 26.6 Å². The van der Waals surface area contributed by atoms with Crippen LogP contribution in [0.5, 0.6) is 0 Å². The van der Waals surface area contributed by atoms with Crippen molar-refractivity contribution in [3.63, 3.8) is 0 Å². The lowest BCUT2D eigenvalue weighted by molar-refractivity contribution is -0.121. The third-order valence-corrected chi connectivity index (χ3v) is 4.82. The minimum absolute atomic E-state index is 0.0840. The molecule has 0 aliphatic carbocycles. The van der Waals surface area contributed by atoms with Crippen LogP contribution < -0.4 is 10.2 Å². The summed E-state index contributed by atoms with van der Waals surface area (Å²) < 4.78 is 1.68. The van der Waals surface area contributed by atoms with E-state index in [4.69, 9.17) is 0 Å². The zero-order chi connectivity index (χ0) is 17.8. The number of nitrogens with zero attached hydrogens (tertiary/aromatic N) is 5. The molecular formula is C16H24N6O3. The number of imidazole rings is 1. The summed E-state index contributed by atoms with van der Waals surface area (Å²) in [6, 6.07) is -0.467. The molecule has 0 unspecified atom stereocenters. The molecule has 25 heavy (non-hydrogen) atoms. The first-order valence-corrected chi connectivity index (χ1v) is 8.52. The second-order valence-corrected chi connectivity index (χ2v) is 6.35. The van der Waals surface area contributed by atoms with Crippen molar-refractivity contribution in [2.45, 2.75) is 25.3 Å². The number of aliphatic hydroxyl groups is 2. The van der Waals surface area contributed by atoms with Crippen LogP contribution in [0.3, 0.4) is 0 Å². The highest BCUT2D eigenvalue weighted by molar-refractivity contribution is 5.83. The van der Waals surface area contributed by atoms with Crippen molar-refractivity contribution in [3.8, 4) is 0 Å². The number of hydrogen-bond acceptors (Lipinski definition) is 7.